The van der Waals surface area contributed by atoms with Crippen molar-refractivity contribution >= 4 is 17.3 Å². The Kier molecular flexibility index (Phi) is 2.68. The van der Waals surface area contributed by atoms with Crippen LogP contribution >= 0.6 is 0 Å². The van der Waals surface area contributed by atoms with Gasteiger partial charge in [-0.05, 0) is 18.9 Å². The van der Waals surface area contributed by atoms with Crippen molar-refractivity contribution in [1.29, 1.82) is 0 Å². The fraction of sp³-hybridized carbons (Fsp3) is 0.500. The number of fused-ring (bicyclic) bond motifs is 1. The number of carbonyl (C=O) groups is 1. The molecule has 3 rings (SSSR count). The SMILES string of the molecule is O=C1CN(C2CCOCC2)c2ccncc2N1. The molecular weight excluding hydrogens is 218 g/mol. The second-order valence-electron chi connectivity index (χ2n) is 4.41. The molecule has 5 nitrogen and oxygen atoms in total. The van der Waals surface area contributed by atoms with E-state index in [1.807, 2.05) is 6.07 Å². The summed E-state index contributed by atoms with van der Waals surface area (Å²) in [5.74, 6) is 0.0389. The maximum absolute atomic E-state index is 11.7. The maximum atomic E-state index is 11.7. The minimum Gasteiger partial charge on any atom is -0.381 e. The monoisotopic (exact) mass is 233 g/mol. The summed E-state index contributed by atoms with van der Waals surface area (Å²) in [6, 6.07) is 2.36. The van der Waals surface area contributed by atoms with Crippen LogP contribution in [0.5, 0.6) is 0 Å². The topological polar surface area (TPSA) is 54.5 Å². The lowest BCUT2D eigenvalue weighted by Gasteiger charge is -2.38. The van der Waals surface area contributed by atoms with Crippen LogP contribution in [0, 0.1) is 0 Å². The van der Waals surface area contributed by atoms with Gasteiger partial charge in [-0.25, -0.2) is 0 Å². The van der Waals surface area contributed by atoms with Gasteiger partial charge in [-0.3, -0.25) is 9.78 Å². The average Bonchev–Trinajstić information content (AvgIpc) is 2.39. The van der Waals surface area contributed by atoms with Gasteiger partial charge < -0.3 is 15.0 Å². The van der Waals surface area contributed by atoms with Crippen LogP contribution < -0.4 is 10.2 Å². The van der Waals surface area contributed by atoms with E-state index in [0.717, 1.165) is 37.4 Å². The number of hydrogen-bond acceptors (Lipinski definition) is 4. The molecule has 90 valence electrons. The molecular formula is C12H15N3O2. The Bertz CT molecular complexity index is 430. The Hall–Kier alpha value is -1.62. The van der Waals surface area contributed by atoms with E-state index < -0.39 is 0 Å². The molecule has 0 atom stereocenters. The van der Waals surface area contributed by atoms with E-state index in [-0.39, 0.29) is 5.91 Å². The number of nitrogens with one attached hydrogen (secondary N) is 1. The molecule has 2 aliphatic rings. The molecule has 3 heterocycles. The summed E-state index contributed by atoms with van der Waals surface area (Å²) < 4.78 is 5.37. The molecule has 0 bridgehead atoms. The van der Waals surface area contributed by atoms with E-state index in [9.17, 15) is 4.79 Å². The quantitative estimate of drug-likeness (QED) is 0.786. The van der Waals surface area contributed by atoms with Gasteiger partial charge in [0.2, 0.25) is 5.91 Å². The van der Waals surface area contributed by atoms with Crippen LogP contribution in [-0.4, -0.2) is 36.7 Å². The zero-order chi connectivity index (χ0) is 11.7. The molecule has 5 heteroatoms. The van der Waals surface area contributed by atoms with Crippen LogP contribution in [0.3, 0.4) is 0 Å². The highest BCUT2D eigenvalue weighted by atomic mass is 16.5. The third-order valence-electron chi connectivity index (χ3n) is 3.33. The lowest BCUT2D eigenvalue weighted by Crippen LogP contribution is -2.46. The third kappa shape index (κ3) is 1.98. The minimum absolute atomic E-state index is 0.0389. The Labute approximate surface area is 99.8 Å². The molecule has 0 saturated carbocycles. The van der Waals surface area contributed by atoms with Crippen LogP contribution in [-0.2, 0) is 9.53 Å². The van der Waals surface area contributed by atoms with Crippen molar-refractivity contribution in [2.75, 3.05) is 30.0 Å². The van der Waals surface area contributed by atoms with Gasteiger partial charge in [-0.2, -0.15) is 0 Å². The first-order valence-corrected chi connectivity index (χ1v) is 5.93. The zero-order valence-corrected chi connectivity index (χ0v) is 9.56. The lowest BCUT2D eigenvalue weighted by molar-refractivity contribution is -0.115. The Morgan fingerprint density at radius 1 is 1.41 bits per heavy atom. The predicted molar refractivity (Wildman–Crippen MR) is 64.1 cm³/mol. The normalized spacial score (nSPS) is 20.9. The highest BCUT2D eigenvalue weighted by Crippen LogP contribution is 2.31. The van der Waals surface area contributed by atoms with Gasteiger partial charge in [0.1, 0.15) is 0 Å². The Morgan fingerprint density at radius 2 is 2.24 bits per heavy atom. The fourth-order valence-electron chi connectivity index (χ4n) is 2.49. The second-order valence-corrected chi connectivity index (χ2v) is 4.41. The number of aromatic nitrogens is 1. The van der Waals surface area contributed by atoms with E-state index in [0.29, 0.717) is 12.6 Å². The molecule has 0 aliphatic carbocycles. The van der Waals surface area contributed by atoms with Gasteiger partial charge in [-0.15, -0.1) is 0 Å². The molecule has 1 N–H and O–H groups in total. The summed E-state index contributed by atoms with van der Waals surface area (Å²) >= 11 is 0. The van der Waals surface area contributed by atoms with Crippen molar-refractivity contribution in [3.63, 3.8) is 0 Å². The molecule has 1 amide bonds. The predicted octanol–water partition coefficient (Wildman–Crippen LogP) is 1.02. The molecule has 2 aliphatic heterocycles. The smallest absolute Gasteiger partial charge is 0.244 e. The molecule has 17 heavy (non-hydrogen) atoms. The fourth-order valence-corrected chi connectivity index (χ4v) is 2.49. The van der Waals surface area contributed by atoms with E-state index in [2.05, 4.69) is 15.2 Å². The van der Waals surface area contributed by atoms with Crippen LogP contribution in [0.4, 0.5) is 11.4 Å². The van der Waals surface area contributed by atoms with Gasteiger partial charge >= 0.3 is 0 Å². The molecule has 0 unspecified atom stereocenters. The Balaban J connectivity index is 1.91. The summed E-state index contributed by atoms with van der Waals surface area (Å²) in [4.78, 5) is 17.9. The summed E-state index contributed by atoms with van der Waals surface area (Å²) in [7, 11) is 0. The van der Waals surface area contributed by atoms with Crippen molar-refractivity contribution in [1.82, 2.24) is 4.98 Å². The molecule has 1 fully saturated rings. The lowest BCUT2D eigenvalue weighted by atomic mass is 10.0. The second kappa shape index (κ2) is 4.33. The molecule has 0 aromatic carbocycles. The number of carbonyl (C=O) groups excluding carboxylic acids is 1. The van der Waals surface area contributed by atoms with Crippen molar-refractivity contribution < 1.29 is 9.53 Å². The van der Waals surface area contributed by atoms with Crippen molar-refractivity contribution in [3.8, 4) is 0 Å². The highest BCUT2D eigenvalue weighted by Gasteiger charge is 2.29. The van der Waals surface area contributed by atoms with E-state index >= 15 is 0 Å². The third-order valence-corrected chi connectivity index (χ3v) is 3.33. The summed E-state index contributed by atoms with van der Waals surface area (Å²) in [6.45, 7) is 1.99. The van der Waals surface area contributed by atoms with E-state index in [1.165, 1.54) is 0 Å². The van der Waals surface area contributed by atoms with Crippen molar-refractivity contribution in [3.05, 3.63) is 18.5 Å². The summed E-state index contributed by atoms with van der Waals surface area (Å²) in [5, 5.41) is 2.85. The average molecular weight is 233 g/mol. The first-order chi connectivity index (χ1) is 8.34. The van der Waals surface area contributed by atoms with Gasteiger partial charge in [0, 0.05) is 25.5 Å². The maximum Gasteiger partial charge on any atom is 0.244 e. The van der Waals surface area contributed by atoms with Gasteiger partial charge in [-0.1, -0.05) is 0 Å². The molecule has 1 aromatic heterocycles. The summed E-state index contributed by atoms with van der Waals surface area (Å²) in [5.41, 5.74) is 1.89. The molecule has 1 aromatic rings. The van der Waals surface area contributed by atoms with E-state index in [1.54, 1.807) is 12.4 Å². The number of hydrogen-bond donors (Lipinski definition) is 1. The standard InChI is InChI=1S/C12H15N3O2/c16-12-8-15(9-2-5-17-6-3-9)11-1-4-13-7-10(11)14-12/h1,4,7,9H,2-3,5-6,8H2,(H,14,16). The van der Waals surface area contributed by atoms with Crippen LogP contribution in [0.1, 0.15) is 12.8 Å². The highest BCUT2D eigenvalue weighted by molar-refractivity contribution is 6.00. The largest absolute Gasteiger partial charge is 0.381 e. The Morgan fingerprint density at radius 3 is 3.06 bits per heavy atom. The van der Waals surface area contributed by atoms with Gasteiger partial charge in [0.15, 0.2) is 0 Å². The number of amides is 1. The number of pyridine rings is 1. The van der Waals surface area contributed by atoms with Gasteiger partial charge in [0.25, 0.3) is 0 Å². The molecule has 0 spiro atoms. The number of anilines is 2. The summed E-state index contributed by atoms with van der Waals surface area (Å²) in [6.07, 6.45) is 5.44. The first-order valence-electron chi connectivity index (χ1n) is 5.93. The minimum atomic E-state index is 0.0389. The van der Waals surface area contributed by atoms with Crippen LogP contribution in [0.15, 0.2) is 18.5 Å². The van der Waals surface area contributed by atoms with Crippen LogP contribution in [0.2, 0.25) is 0 Å². The van der Waals surface area contributed by atoms with Crippen molar-refractivity contribution in [2.24, 2.45) is 0 Å². The van der Waals surface area contributed by atoms with Gasteiger partial charge in [0.05, 0.1) is 24.1 Å². The zero-order valence-electron chi connectivity index (χ0n) is 9.56. The molecule has 1 saturated heterocycles. The van der Waals surface area contributed by atoms with Crippen LogP contribution in [0.25, 0.3) is 0 Å². The van der Waals surface area contributed by atoms with E-state index in [4.69, 9.17) is 4.74 Å². The number of rotatable bonds is 1. The number of ether oxygens (including phenoxy) is 1. The first kappa shape index (κ1) is 10.5. The molecule has 0 radical (unpaired) electrons. The van der Waals surface area contributed by atoms with Crippen molar-refractivity contribution in [2.45, 2.75) is 18.9 Å². The number of nitrogens with zero attached hydrogens (tertiary/aromatic N) is 2.